The van der Waals surface area contributed by atoms with Crippen LogP contribution < -0.4 is 5.73 Å². The zero-order chi connectivity index (χ0) is 15.4. The lowest BCUT2D eigenvalue weighted by atomic mass is 9.96. The molecule has 1 amide bonds. The van der Waals surface area contributed by atoms with Gasteiger partial charge in [0.25, 0.3) is 5.91 Å². The summed E-state index contributed by atoms with van der Waals surface area (Å²) in [5, 5.41) is 0. The van der Waals surface area contributed by atoms with Gasteiger partial charge >= 0.3 is 0 Å². The number of carbonyl (C=O) groups is 1. The number of hydrogen-bond acceptors (Lipinski definition) is 2. The quantitative estimate of drug-likeness (QED) is 0.866. The minimum Gasteiger partial charge on any atom is -0.396 e. The van der Waals surface area contributed by atoms with Crippen LogP contribution in [0.25, 0.3) is 0 Å². The van der Waals surface area contributed by atoms with Gasteiger partial charge in [0.2, 0.25) is 0 Å². The maximum absolute atomic E-state index is 13.9. The fraction of sp³-hybridized carbons (Fsp3) is 0.562. The smallest absolute Gasteiger partial charge is 0.257 e. The molecule has 116 valence electrons. The molecule has 1 atom stereocenters. The Labute approximate surface area is 124 Å². The highest BCUT2D eigenvalue weighted by molar-refractivity contribution is 5.95. The van der Waals surface area contributed by atoms with Crippen molar-refractivity contribution in [2.45, 2.75) is 39.0 Å². The molecule has 0 saturated carbocycles. The predicted molar refractivity (Wildman–Crippen MR) is 78.9 cm³/mol. The first kappa shape index (κ1) is 15.7. The zero-order valence-corrected chi connectivity index (χ0v) is 12.4. The van der Waals surface area contributed by atoms with Crippen molar-refractivity contribution < 1.29 is 13.6 Å². The first-order valence-corrected chi connectivity index (χ1v) is 7.56. The van der Waals surface area contributed by atoms with E-state index in [9.17, 15) is 13.6 Å². The molecule has 1 aliphatic heterocycles. The van der Waals surface area contributed by atoms with E-state index in [0.29, 0.717) is 19.0 Å². The lowest BCUT2D eigenvalue weighted by Crippen LogP contribution is -2.33. The number of anilines is 1. The topological polar surface area (TPSA) is 46.3 Å². The van der Waals surface area contributed by atoms with E-state index in [-0.39, 0.29) is 11.3 Å². The molecule has 0 aliphatic carbocycles. The summed E-state index contributed by atoms with van der Waals surface area (Å²) in [6.07, 6.45) is 5.21. The van der Waals surface area contributed by atoms with Crippen molar-refractivity contribution >= 4 is 11.6 Å². The van der Waals surface area contributed by atoms with E-state index in [1.54, 1.807) is 4.90 Å². The van der Waals surface area contributed by atoms with Gasteiger partial charge in [0.05, 0.1) is 11.3 Å². The summed E-state index contributed by atoms with van der Waals surface area (Å²) in [5.41, 5.74) is 4.81. The summed E-state index contributed by atoms with van der Waals surface area (Å²) in [4.78, 5) is 14.0. The Morgan fingerprint density at radius 1 is 1.33 bits per heavy atom. The molecule has 0 spiro atoms. The number of carbonyl (C=O) groups excluding carboxylic acids is 1. The molecule has 1 heterocycles. The van der Waals surface area contributed by atoms with Gasteiger partial charge in [0.15, 0.2) is 5.82 Å². The Morgan fingerprint density at radius 2 is 2.10 bits per heavy atom. The molecule has 2 rings (SSSR count). The number of rotatable bonds is 3. The molecular formula is C16H22F2N2O. The molecule has 2 N–H and O–H groups in total. The number of amides is 1. The summed E-state index contributed by atoms with van der Waals surface area (Å²) in [5.74, 6) is -1.35. The molecule has 0 aromatic heterocycles. The first-order valence-electron chi connectivity index (χ1n) is 7.56. The summed E-state index contributed by atoms with van der Waals surface area (Å²) >= 11 is 0. The standard InChI is InChI=1S/C16H22F2N2O/c1-2-4-11-5-3-7-20(8-6-11)16(21)13-9-12(17)10-14(19)15(13)18/h9-11H,2-8,19H2,1H3. The molecule has 0 radical (unpaired) electrons. The zero-order valence-electron chi connectivity index (χ0n) is 12.4. The Morgan fingerprint density at radius 3 is 2.81 bits per heavy atom. The second kappa shape index (κ2) is 6.87. The number of halogens is 2. The van der Waals surface area contributed by atoms with Crippen LogP contribution in [0.3, 0.4) is 0 Å². The minimum absolute atomic E-state index is 0.263. The molecule has 3 nitrogen and oxygen atoms in total. The number of hydrogen-bond donors (Lipinski definition) is 1. The highest BCUT2D eigenvalue weighted by atomic mass is 19.1. The Bertz CT molecular complexity index is 519. The number of likely N-dealkylation sites (tertiary alicyclic amines) is 1. The van der Waals surface area contributed by atoms with Crippen molar-refractivity contribution in [2.75, 3.05) is 18.8 Å². The van der Waals surface area contributed by atoms with E-state index < -0.39 is 17.5 Å². The summed E-state index contributed by atoms with van der Waals surface area (Å²) in [6, 6.07) is 1.83. The van der Waals surface area contributed by atoms with Gasteiger partial charge < -0.3 is 10.6 Å². The second-order valence-corrected chi connectivity index (χ2v) is 5.73. The molecule has 1 saturated heterocycles. The highest BCUT2D eigenvalue weighted by Gasteiger charge is 2.24. The highest BCUT2D eigenvalue weighted by Crippen LogP contribution is 2.24. The number of nitrogen functional groups attached to an aromatic ring is 1. The fourth-order valence-corrected chi connectivity index (χ4v) is 3.00. The van der Waals surface area contributed by atoms with Gasteiger partial charge in [0, 0.05) is 13.1 Å². The minimum atomic E-state index is -0.823. The lowest BCUT2D eigenvalue weighted by molar-refractivity contribution is 0.0754. The van der Waals surface area contributed by atoms with Crippen LogP contribution in [-0.4, -0.2) is 23.9 Å². The van der Waals surface area contributed by atoms with E-state index in [1.165, 1.54) is 0 Å². The fourth-order valence-electron chi connectivity index (χ4n) is 3.00. The van der Waals surface area contributed by atoms with E-state index in [1.807, 2.05) is 0 Å². The molecule has 1 aliphatic rings. The van der Waals surface area contributed by atoms with Crippen LogP contribution in [0.4, 0.5) is 14.5 Å². The number of nitrogens with two attached hydrogens (primary N) is 1. The number of benzene rings is 1. The molecule has 5 heteroatoms. The van der Waals surface area contributed by atoms with Crippen molar-refractivity contribution in [3.05, 3.63) is 29.3 Å². The number of nitrogens with zero attached hydrogens (tertiary/aromatic N) is 1. The molecule has 21 heavy (non-hydrogen) atoms. The molecule has 1 aromatic rings. The van der Waals surface area contributed by atoms with Crippen molar-refractivity contribution in [1.82, 2.24) is 4.90 Å². The molecule has 1 fully saturated rings. The van der Waals surface area contributed by atoms with Crippen LogP contribution in [0.2, 0.25) is 0 Å². The maximum atomic E-state index is 13.9. The van der Waals surface area contributed by atoms with Crippen molar-refractivity contribution in [3.8, 4) is 0 Å². The van der Waals surface area contributed by atoms with Gasteiger partial charge in [0.1, 0.15) is 5.82 Å². The van der Waals surface area contributed by atoms with E-state index in [0.717, 1.165) is 44.2 Å². The molecule has 1 unspecified atom stereocenters. The van der Waals surface area contributed by atoms with Gasteiger partial charge in [-0.1, -0.05) is 19.8 Å². The van der Waals surface area contributed by atoms with Crippen LogP contribution in [0.5, 0.6) is 0 Å². The Hall–Kier alpha value is -1.65. The molecule has 1 aromatic carbocycles. The SMILES string of the molecule is CCCC1CCCN(C(=O)c2cc(F)cc(N)c2F)CC1. The third-order valence-electron chi connectivity index (χ3n) is 4.13. The third kappa shape index (κ3) is 3.71. The lowest BCUT2D eigenvalue weighted by Gasteiger charge is -2.21. The summed E-state index contributed by atoms with van der Waals surface area (Å²) < 4.78 is 27.3. The van der Waals surface area contributed by atoms with Gasteiger partial charge in [-0.25, -0.2) is 8.78 Å². The maximum Gasteiger partial charge on any atom is 0.257 e. The average molecular weight is 296 g/mol. The van der Waals surface area contributed by atoms with E-state index in [2.05, 4.69) is 6.92 Å². The van der Waals surface area contributed by atoms with Crippen LogP contribution >= 0.6 is 0 Å². The summed E-state index contributed by atoms with van der Waals surface area (Å²) in [6.45, 7) is 3.34. The van der Waals surface area contributed by atoms with Crippen LogP contribution in [0, 0.1) is 17.6 Å². The van der Waals surface area contributed by atoms with Gasteiger partial charge in [-0.3, -0.25) is 4.79 Å². The second-order valence-electron chi connectivity index (χ2n) is 5.73. The van der Waals surface area contributed by atoms with Crippen molar-refractivity contribution in [1.29, 1.82) is 0 Å². The van der Waals surface area contributed by atoms with Crippen LogP contribution in [0.15, 0.2) is 12.1 Å². The average Bonchev–Trinajstić information content (AvgIpc) is 2.68. The summed E-state index contributed by atoms with van der Waals surface area (Å²) in [7, 11) is 0. The monoisotopic (exact) mass is 296 g/mol. The van der Waals surface area contributed by atoms with E-state index in [4.69, 9.17) is 5.73 Å². The Kier molecular flexibility index (Phi) is 5.15. The molecular weight excluding hydrogens is 274 g/mol. The first-order chi connectivity index (χ1) is 10.0. The van der Waals surface area contributed by atoms with Crippen LogP contribution in [0.1, 0.15) is 49.4 Å². The third-order valence-corrected chi connectivity index (χ3v) is 4.13. The largest absolute Gasteiger partial charge is 0.396 e. The van der Waals surface area contributed by atoms with Gasteiger partial charge in [-0.2, -0.15) is 0 Å². The Balaban J connectivity index is 2.13. The van der Waals surface area contributed by atoms with Crippen molar-refractivity contribution in [2.24, 2.45) is 5.92 Å². The van der Waals surface area contributed by atoms with E-state index >= 15 is 0 Å². The predicted octanol–water partition coefficient (Wildman–Crippen LogP) is 3.59. The van der Waals surface area contributed by atoms with Gasteiger partial charge in [-0.05, 0) is 37.3 Å². The normalized spacial score (nSPS) is 19.4. The van der Waals surface area contributed by atoms with Crippen molar-refractivity contribution in [3.63, 3.8) is 0 Å². The molecule has 0 bridgehead atoms. The van der Waals surface area contributed by atoms with Gasteiger partial charge in [-0.15, -0.1) is 0 Å². The van der Waals surface area contributed by atoms with Crippen LogP contribution in [-0.2, 0) is 0 Å².